The fourth-order valence-corrected chi connectivity index (χ4v) is 2.30. The molecule has 3 aromatic rings. The predicted octanol–water partition coefficient (Wildman–Crippen LogP) is 5.01. The number of hydrogen-bond donors (Lipinski definition) is 1. The summed E-state index contributed by atoms with van der Waals surface area (Å²) in [5.41, 5.74) is 1.54. The Bertz CT molecular complexity index is 737. The molecule has 0 spiro atoms. The minimum atomic E-state index is 0.117. The molecule has 1 heterocycles. The number of phenols is 1. The van der Waals surface area contributed by atoms with Crippen LogP contribution in [0.25, 0.3) is 10.9 Å². The number of rotatable bonds is 6. The molecule has 4 heteroatoms. The lowest BCUT2D eigenvalue weighted by Crippen LogP contribution is -1.99. The van der Waals surface area contributed by atoms with E-state index in [0.29, 0.717) is 17.9 Å². The number of ether oxygens (including phenoxy) is 1. The Morgan fingerprint density at radius 1 is 1.08 bits per heavy atom. The summed E-state index contributed by atoms with van der Waals surface area (Å²) in [6.45, 7) is 2.70. The van der Waals surface area contributed by atoms with Crippen molar-refractivity contribution in [2.24, 2.45) is 0 Å². The zero-order valence-electron chi connectivity index (χ0n) is 14.4. The average Bonchev–Trinajstić information content (AvgIpc) is 2.66. The van der Waals surface area contributed by atoms with E-state index in [-0.39, 0.29) is 5.75 Å². The second kappa shape index (κ2) is 10.1. The Labute approximate surface area is 148 Å². The number of phenolic OH excluding ortho intramolecular Hbond substituents is 1. The maximum Gasteiger partial charge on any atom is 0.153 e. The molecular weight excluding hydrogens is 314 g/mol. The van der Waals surface area contributed by atoms with Gasteiger partial charge >= 0.3 is 0 Å². The van der Waals surface area contributed by atoms with Gasteiger partial charge in [0.2, 0.25) is 0 Å². The van der Waals surface area contributed by atoms with Gasteiger partial charge in [-0.2, -0.15) is 0 Å². The van der Waals surface area contributed by atoms with E-state index in [1.807, 2.05) is 30.5 Å². The van der Waals surface area contributed by atoms with Gasteiger partial charge < -0.3 is 9.84 Å². The van der Waals surface area contributed by atoms with Crippen molar-refractivity contribution in [3.63, 3.8) is 0 Å². The molecule has 130 valence electrons. The molecule has 1 N–H and O–H groups in total. The molecule has 4 nitrogen and oxygen atoms in total. The Balaban J connectivity index is 0.000000194. The predicted molar refractivity (Wildman–Crippen MR) is 100 cm³/mol. The number of fused-ring (bicyclic) bond motifs is 1. The molecule has 0 aliphatic rings. The molecule has 0 aliphatic heterocycles. The van der Waals surface area contributed by atoms with E-state index in [1.54, 1.807) is 6.07 Å². The summed E-state index contributed by atoms with van der Waals surface area (Å²) in [4.78, 5) is 14.8. The summed E-state index contributed by atoms with van der Waals surface area (Å²) < 4.78 is 5.42. The van der Waals surface area contributed by atoms with Crippen molar-refractivity contribution in [1.82, 2.24) is 4.98 Å². The number of unbranched alkanes of at least 4 members (excludes halogenated alkanes) is 2. The van der Waals surface area contributed by atoms with Gasteiger partial charge in [-0.3, -0.25) is 9.78 Å². The minimum Gasteiger partial charge on any atom is -0.508 e. The SMILES string of the molecule is CCCCCOc1cc(O)ccc1C=O.c1ccc2ncccc2c1. The summed E-state index contributed by atoms with van der Waals surface area (Å²) in [7, 11) is 0. The summed E-state index contributed by atoms with van der Waals surface area (Å²) in [5, 5.41) is 10.4. The molecule has 0 unspecified atom stereocenters. The Hall–Kier alpha value is -2.88. The number of nitrogens with zero attached hydrogens (tertiary/aromatic N) is 1. The highest BCUT2D eigenvalue weighted by atomic mass is 16.5. The first-order chi connectivity index (χ1) is 12.2. The smallest absolute Gasteiger partial charge is 0.153 e. The topological polar surface area (TPSA) is 59.4 Å². The Morgan fingerprint density at radius 3 is 2.64 bits per heavy atom. The second-order valence-corrected chi connectivity index (χ2v) is 5.59. The fraction of sp³-hybridized carbons (Fsp3) is 0.238. The highest BCUT2D eigenvalue weighted by Gasteiger charge is 2.03. The monoisotopic (exact) mass is 337 g/mol. The van der Waals surface area contributed by atoms with Crippen LogP contribution in [0.15, 0.2) is 60.8 Å². The summed E-state index contributed by atoms with van der Waals surface area (Å²) >= 11 is 0. The van der Waals surface area contributed by atoms with Crippen LogP contribution in [0.4, 0.5) is 0 Å². The van der Waals surface area contributed by atoms with Gasteiger partial charge in [0, 0.05) is 17.6 Å². The van der Waals surface area contributed by atoms with E-state index >= 15 is 0 Å². The minimum absolute atomic E-state index is 0.117. The normalized spacial score (nSPS) is 9.96. The van der Waals surface area contributed by atoms with Gasteiger partial charge in [-0.15, -0.1) is 0 Å². The molecule has 0 saturated heterocycles. The molecular formula is C21H23NO3. The van der Waals surface area contributed by atoms with Crippen LogP contribution in [0, 0.1) is 0 Å². The number of benzene rings is 2. The van der Waals surface area contributed by atoms with Crippen LogP contribution in [0.1, 0.15) is 36.5 Å². The molecule has 0 saturated carbocycles. The molecule has 25 heavy (non-hydrogen) atoms. The van der Waals surface area contributed by atoms with Gasteiger partial charge in [0.25, 0.3) is 0 Å². The van der Waals surface area contributed by atoms with Crippen molar-refractivity contribution in [3.8, 4) is 11.5 Å². The summed E-state index contributed by atoms with van der Waals surface area (Å²) in [6.07, 6.45) is 5.74. The summed E-state index contributed by atoms with van der Waals surface area (Å²) in [5.74, 6) is 0.576. The molecule has 3 rings (SSSR count). The zero-order valence-corrected chi connectivity index (χ0v) is 14.4. The van der Waals surface area contributed by atoms with Crippen LogP contribution in [-0.2, 0) is 0 Å². The molecule has 0 radical (unpaired) electrons. The van der Waals surface area contributed by atoms with Gasteiger partial charge in [-0.25, -0.2) is 0 Å². The van der Waals surface area contributed by atoms with Crippen LogP contribution in [0.5, 0.6) is 11.5 Å². The Morgan fingerprint density at radius 2 is 1.88 bits per heavy atom. The van der Waals surface area contributed by atoms with Gasteiger partial charge in [-0.1, -0.05) is 44.0 Å². The van der Waals surface area contributed by atoms with Gasteiger partial charge in [0.05, 0.1) is 17.7 Å². The molecule has 0 bridgehead atoms. The number of carbonyl (C=O) groups excluding carboxylic acids is 1. The van der Waals surface area contributed by atoms with E-state index in [9.17, 15) is 9.90 Å². The molecule has 1 aromatic heterocycles. The van der Waals surface area contributed by atoms with Crippen molar-refractivity contribution in [2.45, 2.75) is 26.2 Å². The van der Waals surface area contributed by atoms with Crippen molar-refractivity contribution in [3.05, 3.63) is 66.4 Å². The lowest BCUT2D eigenvalue weighted by Gasteiger charge is -2.08. The van der Waals surface area contributed by atoms with Crippen molar-refractivity contribution >= 4 is 17.2 Å². The standard InChI is InChI=1S/C12H16O3.C9H7N/c1-2-3-4-7-15-12-8-11(14)6-5-10(12)9-13;1-2-6-9-8(4-1)5-3-7-10-9/h5-6,8-9,14H,2-4,7H2,1H3;1-7H. The quantitative estimate of drug-likeness (QED) is 0.507. The van der Waals surface area contributed by atoms with Gasteiger partial charge in [-0.05, 0) is 30.7 Å². The number of hydrogen-bond acceptors (Lipinski definition) is 4. The highest BCUT2D eigenvalue weighted by Crippen LogP contribution is 2.22. The van der Waals surface area contributed by atoms with Crippen molar-refractivity contribution in [1.29, 1.82) is 0 Å². The van der Waals surface area contributed by atoms with E-state index in [0.717, 1.165) is 31.1 Å². The van der Waals surface area contributed by atoms with Crippen molar-refractivity contribution < 1.29 is 14.6 Å². The van der Waals surface area contributed by atoms with Crippen LogP contribution in [-0.4, -0.2) is 23.0 Å². The van der Waals surface area contributed by atoms with E-state index in [1.165, 1.54) is 17.5 Å². The first-order valence-corrected chi connectivity index (χ1v) is 8.45. The van der Waals surface area contributed by atoms with Crippen LogP contribution >= 0.6 is 0 Å². The van der Waals surface area contributed by atoms with Crippen LogP contribution in [0.2, 0.25) is 0 Å². The lowest BCUT2D eigenvalue weighted by molar-refractivity contribution is 0.111. The third-order valence-electron chi connectivity index (χ3n) is 3.64. The Kier molecular flexibility index (Phi) is 7.44. The number of pyridine rings is 1. The lowest BCUT2D eigenvalue weighted by atomic mass is 10.2. The molecule has 0 atom stereocenters. The number of aromatic hydroxyl groups is 1. The highest BCUT2D eigenvalue weighted by molar-refractivity contribution is 5.79. The maximum absolute atomic E-state index is 10.7. The number of aromatic nitrogens is 1. The first kappa shape index (κ1) is 18.5. The van der Waals surface area contributed by atoms with Crippen molar-refractivity contribution in [2.75, 3.05) is 6.61 Å². The molecule has 2 aromatic carbocycles. The number of carbonyl (C=O) groups is 1. The van der Waals surface area contributed by atoms with E-state index in [4.69, 9.17) is 4.74 Å². The number of para-hydroxylation sites is 1. The van der Waals surface area contributed by atoms with Crippen LogP contribution in [0.3, 0.4) is 0 Å². The third-order valence-corrected chi connectivity index (χ3v) is 3.64. The van der Waals surface area contributed by atoms with Gasteiger partial charge in [0.15, 0.2) is 6.29 Å². The largest absolute Gasteiger partial charge is 0.508 e. The first-order valence-electron chi connectivity index (χ1n) is 8.45. The second-order valence-electron chi connectivity index (χ2n) is 5.59. The third kappa shape index (κ3) is 5.92. The number of aldehydes is 1. The van der Waals surface area contributed by atoms with E-state index in [2.05, 4.69) is 24.0 Å². The summed E-state index contributed by atoms with van der Waals surface area (Å²) in [6, 6.07) is 16.6. The molecule has 0 fully saturated rings. The average molecular weight is 337 g/mol. The molecule has 0 aliphatic carbocycles. The molecule has 0 amide bonds. The van der Waals surface area contributed by atoms with Gasteiger partial charge in [0.1, 0.15) is 11.5 Å². The van der Waals surface area contributed by atoms with E-state index < -0.39 is 0 Å². The van der Waals surface area contributed by atoms with Crippen LogP contribution < -0.4 is 4.74 Å². The zero-order chi connectivity index (χ0) is 17.9. The fourth-order valence-electron chi connectivity index (χ4n) is 2.30. The maximum atomic E-state index is 10.7.